The number of carbonyl (C=O) groups excluding carboxylic acids is 4. The van der Waals surface area contributed by atoms with Crippen molar-refractivity contribution in [2.24, 2.45) is 11.8 Å². The van der Waals surface area contributed by atoms with Gasteiger partial charge in [-0.3, -0.25) is 37.3 Å². The van der Waals surface area contributed by atoms with E-state index in [0.29, 0.717) is 31.6 Å². The molecule has 0 aromatic carbocycles. The van der Waals surface area contributed by atoms with Gasteiger partial charge < -0.3 is 33.8 Å². The van der Waals surface area contributed by atoms with Crippen molar-refractivity contribution >= 4 is 39.5 Å². The maximum atomic E-state index is 13.2. The lowest BCUT2D eigenvalue weighted by Crippen LogP contribution is -2.30. The van der Waals surface area contributed by atoms with Crippen LogP contribution in [0.15, 0.2) is 0 Å². The van der Waals surface area contributed by atoms with E-state index in [1.54, 1.807) is 0 Å². The highest BCUT2D eigenvalue weighted by Crippen LogP contribution is 2.45. The van der Waals surface area contributed by atoms with Gasteiger partial charge in [-0.2, -0.15) is 0 Å². The highest BCUT2D eigenvalue weighted by Gasteiger charge is 2.31. The molecule has 0 aromatic heterocycles. The van der Waals surface area contributed by atoms with E-state index in [1.807, 2.05) is 0 Å². The largest absolute Gasteiger partial charge is 0.472 e. The summed E-state index contributed by atoms with van der Waals surface area (Å²) in [5.74, 6) is -0.576. The first-order chi connectivity index (χ1) is 52.9. The Morgan fingerprint density at radius 2 is 0.468 bits per heavy atom. The summed E-state index contributed by atoms with van der Waals surface area (Å²) in [6.07, 6.45) is 75.3. The van der Waals surface area contributed by atoms with Crippen LogP contribution >= 0.6 is 15.6 Å². The van der Waals surface area contributed by atoms with Crippen molar-refractivity contribution in [2.75, 3.05) is 39.6 Å². The molecule has 0 saturated carbocycles. The number of phosphoric ester groups is 2. The molecule has 0 aliphatic carbocycles. The van der Waals surface area contributed by atoms with E-state index in [0.717, 1.165) is 102 Å². The molecule has 0 aromatic rings. The molecule has 0 fully saturated rings. The number of aliphatic hydroxyl groups is 1. The summed E-state index contributed by atoms with van der Waals surface area (Å²) in [6.45, 7) is 9.66. The summed E-state index contributed by atoms with van der Waals surface area (Å²) >= 11 is 0. The zero-order valence-electron chi connectivity index (χ0n) is 71.9. The number of unbranched alkanes of at least 4 members (excludes halogenated alkanes) is 58. The first-order valence-corrected chi connectivity index (χ1v) is 49.5. The Morgan fingerprint density at radius 3 is 0.697 bits per heavy atom. The third kappa shape index (κ3) is 82.4. The number of phosphoric acid groups is 2. The van der Waals surface area contributed by atoms with Crippen molar-refractivity contribution in [3.05, 3.63) is 0 Å². The van der Waals surface area contributed by atoms with Crippen LogP contribution in [0.2, 0.25) is 0 Å². The van der Waals surface area contributed by atoms with Crippen LogP contribution in [0.4, 0.5) is 0 Å². The monoisotopic (exact) mass is 1590 g/mol. The van der Waals surface area contributed by atoms with Crippen LogP contribution in [0.3, 0.4) is 0 Å². The van der Waals surface area contributed by atoms with Crippen molar-refractivity contribution in [2.45, 2.75) is 503 Å². The van der Waals surface area contributed by atoms with Gasteiger partial charge in [0.1, 0.15) is 19.3 Å². The minimum absolute atomic E-state index is 0.107. The number of rotatable bonds is 89. The maximum Gasteiger partial charge on any atom is 0.472 e. The van der Waals surface area contributed by atoms with E-state index in [4.69, 9.17) is 37.0 Å². The Bertz CT molecular complexity index is 2080. The normalized spacial score (nSPS) is 14.0. The van der Waals surface area contributed by atoms with E-state index < -0.39 is 97.5 Å². The fourth-order valence-corrected chi connectivity index (χ4v) is 15.7. The summed E-state index contributed by atoms with van der Waals surface area (Å²) in [5.41, 5.74) is 0. The molecule has 17 nitrogen and oxygen atoms in total. The average molecular weight is 1590 g/mol. The van der Waals surface area contributed by atoms with E-state index in [2.05, 4.69) is 41.5 Å². The van der Waals surface area contributed by atoms with Crippen molar-refractivity contribution in [3.63, 3.8) is 0 Å². The molecule has 6 atom stereocenters. The zero-order chi connectivity index (χ0) is 79.9. The molecule has 0 radical (unpaired) electrons. The van der Waals surface area contributed by atoms with Crippen LogP contribution in [0, 0.1) is 11.8 Å². The zero-order valence-corrected chi connectivity index (χ0v) is 73.7. The molecule has 0 aliphatic rings. The molecular weight excluding hydrogens is 1410 g/mol. The van der Waals surface area contributed by atoms with Crippen LogP contribution in [0.5, 0.6) is 0 Å². The topological polar surface area (TPSA) is 237 Å². The third-order valence-electron chi connectivity index (χ3n) is 21.6. The molecule has 0 heterocycles. The number of hydrogen-bond donors (Lipinski definition) is 3. The highest BCUT2D eigenvalue weighted by molar-refractivity contribution is 7.47. The van der Waals surface area contributed by atoms with Crippen LogP contribution in [-0.2, 0) is 65.4 Å². The molecule has 0 spiro atoms. The van der Waals surface area contributed by atoms with Gasteiger partial charge in [-0.1, -0.05) is 433 Å². The van der Waals surface area contributed by atoms with E-state index in [9.17, 15) is 43.2 Å². The van der Waals surface area contributed by atoms with Gasteiger partial charge in [0.25, 0.3) is 0 Å². The van der Waals surface area contributed by atoms with Crippen molar-refractivity contribution < 1.29 is 80.2 Å². The van der Waals surface area contributed by atoms with Gasteiger partial charge in [0.05, 0.1) is 26.4 Å². The Kier molecular flexibility index (Phi) is 79.8. The molecule has 0 rings (SSSR count). The minimum Gasteiger partial charge on any atom is -0.462 e. The van der Waals surface area contributed by atoms with Gasteiger partial charge in [0.2, 0.25) is 0 Å². The SMILES string of the molecule is CCCCCCCCCCCCCCCCCCCCCCCC(=O)OC[C@H](COP(=O)(O)OC[C@@H](O)COP(=O)(O)OC[C@@H](COC(=O)CCCCCCCCC(C)C)OC(=O)CCCCCCCCCCCCCCCCC(C)CC)OC(=O)CCCCCCCCCCCCCCCCCCCCCCC. The number of carbonyl (C=O) groups is 4. The first kappa shape index (κ1) is 107. The fourth-order valence-electron chi connectivity index (χ4n) is 14.1. The predicted octanol–water partition coefficient (Wildman–Crippen LogP) is 27.8. The van der Waals surface area contributed by atoms with Crippen molar-refractivity contribution in [3.8, 4) is 0 Å². The van der Waals surface area contributed by atoms with Gasteiger partial charge in [0, 0.05) is 25.7 Å². The van der Waals surface area contributed by atoms with Crippen LogP contribution in [0.25, 0.3) is 0 Å². The summed E-state index contributed by atoms with van der Waals surface area (Å²) in [7, 11) is -9.93. The lowest BCUT2D eigenvalue weighted by molar-refractivity contribution is -0.161. The number of esters is 4. The lowest BCUT2D eigenvalue weighted by Gasteiger charge is -2.21. The summed E-state index contributed by atoms with van der Waals surface area (Å²) < 4.78 is 69.0. The standard InChI is InChI=1S/C90H176O17P2/c1-7-10-12-14-16-18-20-22-24-26-28-30-32-34-36-41-45-49-53-60-66-72-87(92)100-78-85(106-89(94)74-68-62-54-50-46-42-37-35-33-31-29-27-25-23-21-19-17-15-13-11-8-2)80-104-108(96,97)102-76-84(91)77-103-109(98,99)105-81-86(79-101-88(93)73-67-61-57-56-58-64-70-82(4)5)107-90(95)75-69-63-55-51-47-43-39-38-40-44-48-52-59-65-71-83(6)9-3/h82-86,91H,7-81H2,1-6H3,(H,96,97)(H,98,99)/t83?,84-,85-,86-/m1/s1. The summed E-state index contributed by atoms with van der Waals surface area (Å²) in [4.78, 5) is 73.3. The molecule has 0 aliphatic heterocycles. The molecule has 109 heavy (non-hydrogen) atoms. The molecule has 3 unspecified atom stereocenters. The molecular formula is C90H176O17P2. The molecule has 0 bridgehead atoms. The number of ether oxygens (including phenoxy) is 4. The van der Waals surface area contributed by atoms with Crippen molar-refractivity contribution in [1.82, 2.24) is 0 Å². The molecule has 19 heteroatoms. The first-order valence-electron chi connectivity index (χ1n) is 46.5. The molecule has 0 amide bonds. The number of aliphatic hydroxyl groups excluding tert-OH is 1. The van der Waals surface area contributed by atoms with E-state index in [1.165, 1.54) is 295 Å². The van der Waals surface area contributed by atoms with Gasteiger partial charge in [-0.05, 0) is 37.5 Å². The van der Waals surface area contributed by atoms with Crippen LogP contribution in [0.1, 0.15) is 485 Å². The summed E-state index contributed by atoms with van der Waals surface area (Å²) in [6, 6.07) is 0. The highest BCUT2D eigenvalue weighted by atomic mass is 31.2. The average Bonchev–Trinajstić information content (AvgIpc) is 0.898. The Morgan fingerprint density at radius 1 is 0.266 bits per heavy atom. The van der Waals surface area contributed by atoms with Crippen LogP contribution < -0.4 is 0 Å². The minimum atomic E-state index is -4.97. The maximum absolute atomic E-state index is 13.2. The second-order valence-corrected chi connectivity index (χ2v) is 36.0. The van der Waals surface area contributed by atoms with Gasteiger partial charge in [-0.15, -0.1) is 0 Å². The van der Waals surface area contributed by atoms with Crippen molar-refractivity contribution in [1.29, 1.82) is 0 Å². The van der Waals surface area contributed by atoms with E-state index in [-0.39, 0.29) is 25.7 Å². The smallest absolute Gasteiger partial charge is 0.462 e. The van der Waals surface area contributed by atoms with Gasteiger partial charge >= 0.3 is 39.5 Å². The van der Waals surface area contributed by atoms with E-state index >= 15 is 0 Å². The van der Waals surface area contributed by atoms with Gasteiger partial charge in [0.15, 0.2) is 12.2 Å². The summed E-state index contributed by atoms with van der Waals surface area (Å²) in [5, 5.41) is 10.7. The second kappa shape index (κ2) is 81.2. The Labute approximate surface area is 670 Å². The van der Waals surface area contributed by atoms with Gasteiger partial charge in [-0.25, -0.2) is 9.13 Å². The third-order valence-corrected chi connectivity index (χ3v) is 23.5. The van der Waals surface area contributed by atoms with Crippen LogP contribution in [-0.4, -0.2) is 96.7 Å². The number of hydrogen-bond acceptors (Lipinski definition) is 15. The second-order valence-electron chi connectivity index (χ2n) is 33.1. The quantitative estimate of drug-likeness (QED) is 0.0222. The Hall–Kier alpha value is -1.94. The fraction of sp³-hybridized carbons (Fsp3) is 0.956. The predicted molar refractivity (Wildman–Crippen MR) is 451 cm³/mol. The molecule has 3 N–H and O–H groups in total. The molecule has 0 saturated heterocycles. The Balaban J connectivity index is 5.20. The molecule has 648 valence electrons. The lowest BCUT2D eigenvalue weighted by atomic mass is 9.99.